The van der Waals surface area contributed by atoms with Gasteiger partial charge < -0.3 is 0 Å². The molecule has 0 aromatic heterocycles. The molecule has 1 aliphatic carbocycles. The van der Waals surface area contributed by atoms with E-state index in [4.69, 9.17) is 0 Å². The fraction of sp³-hybridized carbons (Fsp3) is 0.368. The van der Waals surface area contributed by atoms with Crippen LogP contribution < -0.4 is 4.72 Å². The Kier molecular flexibility index (Phi) is 4.45. The van der Waals surface area contributed by atoms with Crippen LogP contribution in [0.5, 0.6) is 0 Å². The van der Waals surface area contributed by atoms with Crippen LogP contribution in [-0.4, -0.2) is 15.0 Å². The monoisotopic (exact) mass is 365 g/mol. The number of sulfonamides is 1. The summed E-state index contributed by atoms with van der Waals surface area (Å²) in [5.41, 5.74) is 1.39. The normalized spacial score (nSPS) is 22.8. The summed E-state index contributed by atoms with van der Waals surface area (Å²) in [5, 5.41) is 0. The highest BCUT2D eigenvalue weighted by atomic mass is 32.2. The average molecular weight is 365 g/mol. The first kappa shape index (κ1) is 18.0. The molecule has 1 N–H and O–H groups in total. The van der Waals surface area contributed by atoms with Crippen molar-refractivity contribution >= 4 is 10.0 Å². The number of benzene rings is 2. The lowest BCUT2D eigenvalue weighted by atomic mass is 9.93. The van der Waals surface area contributed by atoms with Gasteiger partial charge in [0, 0.05) is 18.0 Å². The van der Waals surface area contributed by atoms with Crippen LogP contribution in [0.2, 0.25) is 0 Å². The third kappa shape index (κ3) is 3.33. The van der Waals surface area contributed by atoms with E-state index in [9.17, 15) is 17.2 Å². The molecule has 1 fully saturated rings. The lowest BCUT2D eigenvalue weighted by molar-refractivity contribution is 0.518. The molecule has 3 rings (SSSR count). The van der Waals surface area contributed by atoms with Gasteiger partial charge >= 0.3 is 0 Å². The van der Waals surface area contributed by atoms with Gasteiger partial charge in [-0.1, -0.05) is 30.7 Å². The topological polar surface area (TPSA) is 46.2 Å². The number of rotatable bonds is 5. The molecule has 2 atom stereocenters. The van der Waals surface area contributed by atoms with Crippen LogP contribution in [0.4, 0.5) is 8.78 Å². The summed E-state index contributed by atoms with van der Waals surface area (Å²) in [4.78, 5) is 0.223. The average Bonchev–Trinajstić information content (AvgIpc) is 3.16. The molecule has 0 amide bonds. The van der Waals surface area contributed by atoms with E-state index in [0.717, 1.165) is 11.6 Å². The van der Waals surface area contributed by atoms with E-state index in [2.05, 4.69) is 4.72 Å². The van der Waals surface area contributed by atoms with Crippen molar-refractivity contribution in [1.82, 2.24) is 4.72 Å². The van der Waals surface area contributed by atoms with Crippen molar-refractivity contribution in [2.24, 2.45) is 5.92 Å². The molecular formula is C19H21F2NO2S. The summed E-state index contributed by atoms with van der Waals surface area (Å²) < 4.78 is 55.3. The molecule has 1 saturated carbocycles. The summed E-state index contributed by atoms with van der Waals surface area (Å²) in [6, 6.07) is 8.61. The molecular weight excluding hydrogens is 344 g/mol. The van der Waals surface area contributed by atoms with Gasteiger partial charge in [-0.15, -0.1) is 0 Å². The van der Waals surface area contributed by atoms with Crippen molar-refractivity contribution in [1.29, 1.82) is 0 Å². The maximum Gasteiger partial charge on any atom is 0.240 e. The van der Waals surface area contributed by atoms with E-state index in [1.165, 1.54) is 12.1 Å². The highest BCUT2D eigenvalue weighted by Crippen LogP contribution is 2.54. The number of hydrogen-bond acceptors (Lipinski definition) is 2. The number of halogens is 2. The Bertz CT molecular complexity index is 927. The molecule has 0 bridgehead atoms. The molecule has 2 aromatic carbocycles. The van der Waals surface area contributed by atoms with E-state index in [-0.39, 0.29) is 17.4 Å². The van der Waals surface area contributed by atoms with Crippen molar-refractivity contribution in [3.05, 3.63) is 64.7 Å². The highest BCUT2D eigenvalue weighted by Gasteiger charge is 2.54. The molecule has 134 valence electrons. The molecule has 3 nitrogen and oxygen atoms in total. The van der Waals surface area contributed by atoms with Gasteiger partial charge in [-0.2, -0.15) is 0 Å². The lowest BCUT2D eigenvalue weighted by Crippen LogP contribution is -2.34. The van der Waals surface area contributed by atoms with Crippen LogP contribution in [0.1, 0.15) is 30.0 Å². The molecule has 0 heterocycles. The van der Waals surface area contributed by atoms with E-state index in [0.29, 0.717) is 17.5 Å². The van der Waals surface area contributed by atoms with Crippen LogP contribution in [0, 0.1) is 31.4 Å². The fourth-order valence-electron chi connectivity index (χ4n) is 3.50. The summed E-state index contributed by atoms with van der Waals surface area (Å²) in [7, 11) is -3.70. The molecule has 0 spiro atoms. The van der Waals surface area contributed by atoms with E-state index in [1.54, 1.807) is 19.1 Å². The minimum atomic E-state index is -3.70. The van der Waals surface area contributed by atoms with Gasteiger partial charge in [-0.25, -0.2) is 21.9 Å². The Morgan fingerprint density at radius 2 is 1.84 bits per heavy atom. The van der Waals surface area contributed by atoms with Gasteiger partial charge in [-0.3, -0.25) is 0 Å². The van der Waals surface area contributed by atoms with Crippen molar-refractivity contribution in [2.45, 2.75) is 37.5 Å². The Labute approximate surface area is 147 Å². The zero-order valence-corrected chi connectivity index (χ0v) is 15.3. The van der Waals surface area contributed by atoms with Crippen molar-refractivity contribution < 1.29 is 17.2 Å². The van der Waals surface area contributed by atoms with Gasteiger partial charge in [0.15, 0.2) is 0 Å². The van der Waals surface area contributed by atoms with Crippen molar-refractivity contribution in [2.75, 3.05) is 6.54 Å². The standard InChI is InChI=1S/C19H21F2NO2S/c1-12-4-7-18(13(2)8-12)25(23,24)22-11-19(10-14(19)3)16-6-5-15(20)9-17(16)21/h4-9,14,22H,10-11H2,1-3H3. The van der Waals surface area contributed by atoms with Crippen molar-refractivity contribution in [3.8, 4) is 0 Å². The van der Waals surface area contributed by atoms with Crippen LogP contribution in [0.3, 0.4) is 0 Å². The second-order valence-electron chi connectivity index (χ2n) is 6.98. The van der Waals surface area contributed by atoms with E-state index in [1.807, 2.05) is 19.9 Å². The maximum atomic E-state index is 14.2. The molecule has 2 aromatic rings. The molecule has 0 aliphatic heterocycles. The van der Waals surface area contributed by atoms with E-state index >= 15 is 0 Å². The molecule has 0 radical (unpaired) electrons. The van der Waals surface area contributed by atoms with E-state index < -0.39 is 27.1 Å². The summed E-state index contributed by atoms with van der Waals surface area (Å²) in [6.45, 7) is 5.67. The summed E-state index contributed by atoms with van der Waals surface area (Å²) in [6.07, 6.45) is 0.658. The maximum absolute atomic E-state index is 14.2. The van der Waals surface area contributed by atoms with Crippen LogP contribution in [-0.2, 0) is 15.4 Å². The Balaban J connectivity index is 1.86. The molecule has 1 aliphatic rings. The second-order valence-corrected chi connectivity index (χ2v) is 8.71. The van der Waals surface area contributed by atoms with Gasteiger partial charge in [0.05, 0.1) is 4.90 Å². The molecule has 0 saturated heterocycles. The number of hydrogen-bond donors (Lipinski definition) is 1. The smallest absolute Gasteiger partial charge is 0.210 e. The van der Waals surface area contributed by atoms with Crippen molar-refractivity contribution in [3.63, 3.8) is 0 Å². The predicted octanol–water partition coefficient (Wildman–Crippen LogP) is 3.84. The predicted molar refractivity (Wildman–Crippen MR) is 92.9 cm³/mol. The minimum absolute atomic E-state index is 0.0897. The molecule has 25 heavy (non-hydrogen) atoms. The third-order valence-corrected chi connectivity index (χ3v) is 6.68. The zero-order valence-electron chi connectivity index (χ0n) is 14.4. The fourth-order valence-corrected chi connectivity index (χ4v) is 4.83. The van der Waals surface area contributed by atoms with Gasteiger partial charge in [0.25, 0.3) is 0 Å². The van der Waals surface area contributed by atoms with Gasteiger partial charge in [0.2, 0.25) is 10.0 Å². The first-order chi connectivity index (χ1) is 11.7. The van der Waals surface area contributed by atoms with Crippen LogP contribution in [0.25, 0.3) is 0 Å². The first-order valence-electron chi connectivity index (χ1n) is 8.18. The van der Waals surface area contributed by atoms with Crippen LogP contribution in [0.15, 0.2) is 41.3 Å². The highest BCUT2D eigenvalue weighted by molar-refractivity contribution is 7.89. The first-order valence-corrected chi connectivity index (χ1v) is 9.66. The second kappa shape index (κ2) is 6.18. The zero-order chi connectivity index (χ0) is 18.4. The summed E-state index contributed by atoms with van der Waals surface area (Å²) >= 11 is 0. The SMILES string of the molecule is Cc1ccc(S(=O)(=O)NCC2(c3ccc(F)cc3F)CC2C)c(C)c1. The Morgan fingerprint density at radius 3 is 2.40 bits per heavy atom. The molecule has 2 unspecified atom stereocenters. The summed E-state index contributed by atoms with van der Waals surface area (Å²) in [5.74, 6) is -1.15. The number of aryl methyl sites for hydroxylation is 2. The Hall–Kier alpha value is -1.79. The number of nitrogens with one attached hydrogen (secondary N) is 1. The minimum Gasteiger partial charge on any atom is -0.210 e. The molecule has 6 heteroatoms. The Morgan fingerprint density at radius 1 is 1.16 bits per heavy atom. The lowest BCUT2D eigenvalue weighted by Gasteiger charge is -2.19. The van der Waals surface area contributed by atoms with Crippen LogP contribution >= 0.6 is 0 Å². The largest absolute Gasteiger partial charge is 0.240 e. The van der Waals surface area contributed by atoms with Gasteiger partial charge in [-0.05, 0) is 49.4 Å². The third-order valence-electron chi connectivity index (χ3n) is 5.12. The van der Waals surface area contributed by atoms with Gasteiger partial charge in [0.1, 0.15) is 11.6 Å². The quantitative estimate of drug-likeness (QED) is 0.875.